The zero-order valence-electron chi connectivity index (χ0n) is 46.3. The Morgan fingerprint density at radius 2 is 1.13 bits per heavy atom. The van der Waals surface area contributed by atoms with Crippen molar-refractivity contribution in [2.24, 2.45) is 45.3 Å². The molecule has 4 aliphatic carbocycles. The fraction of sp³-hybridized carbons (Fsp3) is 0.964. The summed E-state index contributed by atoms with van der Waals surface area (Å²) < 4.78 is 48.2. The van der Waals surface area contributed by atoms with Crippen molar-refractivity contribution < 1.29 is 109 Å². The highest BCUT2D eigenvalue weighted by Crippen LogP contribution is 2.75. The van der Waals surface area contributed by atoms with Crippen LogP contribution in [-0.2, 0) is 37.9 Å². The quantitative estimate of drug-likeness (QED) is 0.0794. The van der Waals surface area contributed by atoms with Gasteiger partial charge in [-0.1, -0.05) is 60.1 Å². The van der Waals surface area contributed by atoms with Crippen molar-refractivity contribution in [2.45, 2.75) is 267 Å². The molecule has 22 nitrogen and oxygen atoms in total. The molecule has 0 aromatic heterocycles. The molecular weight excluding hydrogens is 1010 g/mol. The van der Waals surface area contributed by atoms with Gasteiger partial charge < -0.3 is 109 Å². The van der Waals surface area contributed by atoms with E-state index in [4.69, 9.17) is 37.9 Å². The van der Waals surface area contributed by atoms with E-state index in [0.29, 0.717) is 37.5 Å². The Balaban J connectivity index is 0.925. The Morgan fingerprint density at radius 3 is 1.71 bits per heavy atom. The summed E-state index contributed by atoms with van der Waals surface area (Å²) in [4.78, 5) is 0. The van der Waals surface area contributed by atoms with Crippen LogP contribution in [0.4, 0.5) is 0 Å². The largest absolute Gasteiger partial charge is 0.394 e. The second-order valence-corrected chi connectivity index (χ2v) is 26.0. The molecule has 14 N–H and O–H groups in total. The standard InChI is InChI=1S/C55H94O22/c1-10-28-35(58)42(65)46(77-49-45(68)40(63)37(60)30(22-57)73-49)50(71-28)76-34(52(5,6)69)15-11-24(2)25-17-18-55(9)32-14-12-26-27(53(32,7)19-20-54(25,55)8)13-16-33(51(26,3)4)75-48-44(67)41(64)38(61)31(74-48)23-70-47-43(66)39(62)36(59)29(21-56)72-47/h12,24-25,27-50,56-69H,10-11,13-23H2,1-9H3. The Hall–Kier alpha value is -1.14. The van der Waals surface area contributed by atoms with Crippen molar-refractivity contribution in [2.75, 3.05) is 19.8 Å². The summed E-state index contributed by atoms with van der Waals surface area (Å²) in [5, 5.41) is 149. The third-order valence-electron chi connectivity index (χ3n) is 20.9. The zero-order valence-corrected chi connectivity index (χ0v) is 46.3. The lowest BCUT2D eigenvalue weighted by molar-refractivity contribution is -0.374. The van der Waals surface area contributed by atoms with E-state index in [0.717, 1.165) is 38.5 Å². The number of aliphatic hydroxyl groups is 14. The normalized spacial score (nSPS) is 51.0. The molecule has 8 rings (SSSR count). The van der Waals surface area contributed by atoms with Crippen molar-refractivity contribution in [1.82, 2.24) is 0 Å². The minimum Gasteiger partial charge on any atom is -0.394 e. The van der Waals surface area contributed by atoms with E-state index in [1.165, 1.54) is 5.57 Å². The van der Waals surface area contributed by atoms with Crippen LogP contribution >= 0.6 is 0 Å². The molecule has 7 fully saturated rings. The number of allylic oxidation sites excluding steroid dienone is 1. The molecule has 22 heteroatoms. The summed E-state index contributed by atoms with van der Waals surface area (Å²) in [5.41, 5.74) is -0.684. The molecule has 3 saturated carbocycles. The number of aliphatic hydroxyl groups excluding tert-OH is 13. The van der Waals surface area contributed by atoms with Gasteiger partial charge in [0.2, 0.25) is 0 Å². The molecule has 4 saturated heterocycles. The molecule has 8 aliphatic rings. The van der Waals surface area contributed by atoms with Crippen LogP contribution in [0, 0.1) is 45.3 Å². The summed E-state index contributed by atoms with van der Waals surface area (Å²) in [6.07, 6.45) is -21.0. The smallest absolute Gasteiger partial charge is 0.187 e. The van der Waals surface area contributed by atoms with Crippen LogP contribution in [0.25, 0.3) is 0 Å². The molecule has 0 radical (unpaired) electrons. The minimum absolute atomic E-state index is 0.00857. The Kier molecular flexibility index (Phi) is 18.9. The second kappa shape index (κ2) is 23.5. The summed E-state index contributed by atoms with van der Waals surface area (Å²) in [6.45, 7) is 17.2. The zero-order chi connectivity index (χ0) is 56.6. The van der Waals surface area contributed by atoms with Crippen LogP contribution in [-0.4, -0.2) is 232 Å². The van der Waals surface area contributed by atoms with E-state index in [9.17, 15) is 71.5 Å². The predicted octanol–water partition coefficient (Wildman–Crippen LogP) is -0.785. The minimum atomic E-state index is -1.78. The van der Waals surface area contributed by atoms with E-state index < -0.39 is 166 Å². The number of rotatable bonds is 17. The maximum atomic E-state index is 11.6. The number of hydrogen-bond donors (Lipinski definition) is 14. The highest BCUT2D eigenvalue weighted by molar-refractivity contribution is 5.30. The maximum absolute atomic E-state index is 11.6. The highest BCUT2D eigenvalue weighted by atomic mass is 16.8. The van der Waals surface area contributed by atoms with Gasteiger partial charge in [0.15, 0.2) is 25.2 Å². The molecule has 0 aromatic rings. The van der Waals surface area contributed by atoms with Crippen molar-refractivity contribution in [1.29, 1.82) is 0 Å². The maximum Gasteiger partial charge on any atom is 0.187 e. The first-order valence-corrected chi connectivity index (χ1v) is 28.3. The third kappa shape index (κ3) is 11.1. The summed E-state index contributed by atoms with van der Waals surface area (Å²) >= 11 is 0. The van der Waals surface area contributed by atoms with Crippen molar-refractivity contribution >= 4 is 0 Å². The first-order valence-electron chi connectivity index (χ1n) is 28.3. The molecule has 29 unspecified atom stereocenters. The Labute approximate surface area is 452 Å². The van der Waals surface area contributed by atoms with Crippen LogP contribution in [0.5, 0.6) is 0 Å². The lowest BCUT2D eigenvalue weighted by atomic mass is 9.39. The molecule has 4 heterocycles. The van der Waals surface area contributed by atoms with Gasteiger partial charge in [0.25, 0.3) is 0 Å². The highest BCUT2D eigenvalue weighted by Gasteiger charge is 2.68. The first kappa shape index (κ1) is 61.9. The summed E-state index contributed by atoms with van der Waals surface area (Å²) in [6, 6.07) is 0. The molecule has 0 amide bonds. The molecule has 446 valence electrons. The van der Waals surface area contributed by atoms with Crippen LogP contribution in [0.1, 0.15) is 127 Å². The monoisotopic (exact) mass is 1110 g/mol. The number of hydrogen-bond acceptors (Lipinski definition) is 22. The van der Waals surface area contributed by atoms with E-state index in [-0.39, 0.29) is 28.1 Å². The molecule has 0 spiro atoms. The van der Waals surface area contributed by atoms with Gasteiger partial charge in [-0.15, -0.1) is 0 Å². The van der Waals surface area contributed by atoms with E-state index in [1.54, 1.807) is 20.8 Å². The van der Waals surface area contributed by atoms with Crippen molar-refractivity contribution in [3.8, 4) is 0 Å². The van der Waals surface area contributed by atoms with Crippen LogP contribution in [0.2, 0.25) is 0 Å². The van der Waals surface area contributed by atoms with Gasteiger partial charge in [0.1, 0.15) is 91.6 Å². The van der Waals surface area contributed by atoms with Crippen LogP contribution in [0.15, 0.2) is 11.6 Å². The number of fused-ring (bicyclic) bond motifs is 5. The topological polar surface area (TPSA) is 357 Å². The molecule has 0 bridgehead atoms. The average molecular weight is 1110 g/mol. The molecule has 77 heavy (non-hydrogen) atoms. The van der Waals surface area contributed by atoms with Gasteiger partial charge in [-0.2, -0.15) is 0 Å². The SMILES string of the molecule is CCC1OC(OC(CCC(C)C2CCC3(C)C4CC=C5C(CCC(OC6OC(COC7OC(CO)C(O)C(O)C7O)C(O)C(O)C6O)C5(C)C)C4(C)CCC23C)C(C)(C)O)C(OC2OC(CO)C(O)C(O)C2O)C(O)C1O. The van der Waals surface area contributed by atoms with Crippen molar-refractivity contribution in [3.05, 3.63) is 11.6 Å². The molecule has 4 aliphatic heterocycles. The van der Waals surface area contributed by atoms with Crippen LogP contribution < -0.4 is 0 Å². The van der Waals surface area contributed by atoms with Gasteiger partial charge in [0, 0.05) is 5.41 Å². The molecular formula is C55H94O22. The fourth-order valence-electron chi connectivity index (χ4n) is 15.8. The lowest BCUT2D eigenvalue weighted by Crippen LogP contribution is -2.64. The van der Waals surface area contributed by atoms with Gasteiger partial charge >= 0.3 is 0 Å². The van der Waals surface area contributed by atoms with Crippen molar-refractivity contribution in [3.63, 3.8) is 0 Å². The molecule has 0 aromatic carbocycles. The predicted molar refractivity (Wildman–Crippen MR) is 269 cm³/mol. The first-order chi connectivity index (χ1) is 36.0. The second-order valence-electron chi connectivity index (χ2n) is 26.0. The van der Waals surface area contributed by atoms with Crippen LogP contribution in [0.3, 0.4) is 0 Å². The number of ether oxygens (including phenoxy) is 8. The average Bonchev–Trinajstić information content (AvgIpc) is 3.83. The fourth-order valence-corrected chi connectivity index (χ4v) is 15.8. The Bertz CT molecular complexity index is 1990. The van der Waals surface area contributed by atoms with E-state index in [2.05, 4.69) is 47.6 Å². The van der Waals surface area contributed by atoms with E-state index >= 15 is 0 Å². The van der Waals surface area contributed by atoms with Gasteiger partial charge in [-0.05, 0) is 118 Å². The summed E-state index contributed by atoms with van der Waals surface area (Å²) in [5.74, 6) is 1.19. The van der Waals surface area contributed by atoms with Gasteiger partial charge in [-0.25, -0.2) is 0 Å². The third-order valence-corrected chi connectivity index (χ3v) is 20.9. The summed E-state index contributed by atoms with van der Waals surface area (Å²) in [7, 11) is 0. The van der Waals surface area contributed by atoms with Gasteiger partial charge in [-0.3, -0.25) is 0 Å². The lowest BCUT2D eigenvalue weighted by Gasteiger charge is -2.66. The molecule has 29 atom stereocenters. The van der Waals surface area contributed by atoms with E-state index in [1.807, 2.05) is 0 Å². The Morgan fingerprint density at radius 1 is 0.597 bits per heavy atom. The van der Waals surface area contributed by atoms with Gasteiger partial charge in [0.05, 0.1) is 43.7 Å².